The number of anilines is 1. The van der Waals surface area contributed by atoms with Crippen molar-refractivity contribution in [2.45, 2.75) is 33.5 Å². The molecule has 0 aliphatic carbocycles. The SMILES string of the molecule is CCNC(=O)c1ccc(C)c(NC=C2C(=O)OC(C)(C)OC2=O)c1. The van der Waals surface area contributed by atoms with Crippen molar-refractivity contribution in [2.75, 3.05) is 11.9 Å². The molecule has 1 amide bonds. The van der Waals surface area contributed by atoms with Crippen LogP contribution in [0.1, 0.15) is 36.7 Å². The van der Waals surface area contributed by atoms with Crippen LogP contribution >= 0.6 is 0 Å². The van der Waals surface area contributed by atoms with Crippen LogP contribution in [0.2, 0.25) is 0 Å². The van der Waals surface area contributed by atoms with Gasteiger partial charge in [-0.1, -0.05) is 6.07 Å². The number of nitrogens with one attached hydrogen (secondary N) is 2. The summed E-state index contributed by atoms with van der Waals surface area (Å²) in [7, 11) is 0. The first-order chi connectivity index (χ1) is 11.2. The molecule has 1 fully saturated rings. The number of rotatable bonds is 4. The molecule has 7 heteroatoms. The fourth-order valence-corrected chi connectivity index (χ4v) is 2.11. The minimum absolute atomic E-state index is 0.202. The second-order valence-corrected chi connectivity index (χ2v) is 5.77. The molecular weight excluding hydrogens is 312 g/mol. The zero-order chi connectivity index (χ0) is 17.9. The Bertz CT molecular complexity index is 700. The van der Waals surface area contributed by atoms with Crippen molar-refractivity contribution in [3.63, 3.8) is 0 Å². The van der Waals surface area contributed by atoms with E-state index in [0.29, 0.717) is 17.8 Å². The quantitative estimate of drug-likeness (QED) is 0.497. The Morgan fingerprint density at radius 2 is 1.83 bits per heavy atom. The summed E-state index contributed by atoms with van der Waals surface area (Å²) in [6.07, 6.45) is 1.23. The smallest absolute Gasteiger partial charge is 0.350 e. The molecule has 7 nitrogen and oxygen atoms in total. The Balaban J connectivity index is 2.22. The van der Waals surface area contributed by atoms with E-state index in [0.717, 1.165) is 5.56 Å². The molecule has 0 saturated carbocycles. The molecule has 0 spiro atoms. The number of esters is 2. The molecule has 0 radical (unpaired) electrons. The van der Waals surface area contributed by atoms with Crippen LogP contribution in [0.5, 0.6) is 0 Å². The van der Waals surface area contributed by atoms with E-state index in [2.05, 4.69) is 10.6 Å². The van der Waals surface area contributed by atoms with Crippen molar-refractivity contribution < 1.29 is 23.9 Å². The number of hydrogen-bond donors (Lipinski definition) is 2. The number of cyclic esters (lactones) is 2. The van der Waals surface area contributed by atoms with Gasteiger partial charge < -0.3 is 20.1 Å². The monoisotopic (exact) mass is 332 g/mol. The maximum absolute atomic E-state index is 11.9. The lowest BCUT2D eigenvalue weighted by atomic mass is 10.1. The first kappa shape index (κ1) is 17.5. The number of benzene rings is 1. The van der Waals surface area contributed by atoms with Crippen molar-refractivity contribution in [3.8, 4) is 0 Å². The summed E-state index contributed by atoms with van der Waals surface area (Å²) in [5, 5.41) is 5.57. The molecule has 0 aromatic heterocycles. The van der Waals surface area contributed by atoms with Crippen molar-refractivity contribution in [3.05, 3.63) is 41.1 Å². The van der Waals surface area contributed by atoms with Gasteiger partial charge in [0.15, 0.2) is 5.57 Å². The van der Waals surface area contributed by atoms with E-state index < -0.39 is 17.7 Å². The first-order valence-corrected chi connectivity index (χ1v) is 7.55. The number of amides is 1. The predicted octanol–water partition coefficient (Wildman–Crippen LogP) is 1.88. The third-order valence-corrected chi connectivity index (χ3v) is 3.33. The molecule has 128 valence electrons. The maximum atomic E-state index is 11.9. The summed E-state index contributed by atoms with van der Waals surface area (Å²) < 4.78 is 10.0. The fourth-order valence-electron chi connectivity index (χ4n) is 2.11. The molecule has 1 aromatic carbocycles. The first-order valence-electron chi connectivity index (χ1n) is 7.55. The normalized spacial score (nSPS) is 16.1. The van der Waals surface area contributed by atoms with E-state index in [1.165, 1.54) is 20.0 Å². The molecule has 0 bridgehead atoms. The highest BCUT2D eigenvalue weighted by Gasteiger charge is 2.38. The lowest BCUT2D eigenvalue weighted by Gasteiger charge is -2.29. The van der Waals surface area contributed by atoms with E-state index in [1.54, 1.807) is 18.2 Å². The van der Waals surface area contributed by atoms with Gasteiger partial charge in [-0.05, 0) is 31.5 Å². The molecule has 1 aromatic rings. The highest BCUT2D eigenvalue weighted by Crippen LogP contribution is 2.23. The van der Waals surface area contributed by atoms with Crippen molar-refractivity contribution in [2.24, 2.45) is 0 Å². The summed E-state index contributed by atoms with van der Waals surface area (Å²) in [5.41, 5.74) is 1.67. The molecule has 2 rings (SSSR count). The van der Waals surface area contributed by atoms with Crippen LogP contribution in [0.15, 0.2) is 30.0 Å². The molecule has 0 unspecified atom stereocenters. The summed E-state index contributed by atoms with van der Waals surface area (Å²) >= 11 is 0. The molecule has 1 aliphatic heterocycles. The minimum Gasteiger partial charge on any atom is -0.419 e. The van der Waals surface area contributed by atoms with Gasteiger partial charge >= 0.3 is 11.9 Å². The average molecular weight is 332 g/mol. The molecule has 2 N–H and O–H groups in total. The van der Waals surface area contributed by atoms with Gasteiger partial charge in [-0.15, -0.1) is 0 Å². The van der Waals surface area contributed by atoms with E-state index in [9.17, 15) is 14.4 Å². The number of carbonyl (C=O) groups excluding carboxylic acids is 3. The fraction of sp³-hybridized carbons (Fsp3) is 0.353. The molecule has 24 heavy (non-hydrogen) atoms. The van der Waals surface area contributed by atoms with Gasteiger partial charge in [0.05, 0.1) is 0 Å². The zero-order valence-electron chi connectivity index (χ0n) is 14.1. The van der Waals surface area contributed by atoms with Crippen LogP contribution < -0.4 is 10.6 Å². The molecular formula is C17H20N2O5. The van der Waals surface area contributed by atoms with Crippen molar-refractivity contribution in [1.82, 2.24) is 5.32 Å². The number of carbonyl (C=O) groups is 3. The average Bonchev–Trinajstić information content (AvgIpc) is 2.47. The van der Waals surface area contributed by atoms with Crippen LogP contribution in [0, 0.1) is 6.92 Å². The lowest BCUT2D eigenvalue weighted by molar-refractivity contribution is -0.222. The van der Waals surface area contributed by atoms with Gasteiger partial charge in [-0.3, -0.25) is 4.79 Å². The van der Waals surface area contributed by atoms with E-state index in [1.807, 2.05) is 13.8 Å². The third-order valence-electron chi connectivity index (χ3n) is 3.33. The van der Waals surface area contributed by atoms with Gasteiger partial charge in [0.2, 0.25) is 0 Å². The van der Waals surface area contributed by atoms with Crippen molar-refractivity contribution >= 4 is 23.5 Å². The van der Waals surface area contributed by atoms with Gasteiger partial charge in [0, 0.05) is 37.8 Å². The standard InChI is InChI=1S/C17H20N2O5/c1-5-18-14(20)11-7-6-10(2)13(8-11)19-9-12-15(21)23-17(3,4)24-16(12)22/h6-9,19H,5H2,1-4H3,(H,18,20). The highest BCUT2D eigenvalue weighted by molar-refractivity contribution is 6.15. The number of ether oxygens (including phenoxy) is 2. The summed E-state index contributed by atoms with van der Waals surface area (Å²) in [5.74, 6) is -3.01. The Hall–Kier alpha value is -2.83. The second-order valence-electron chi connectivity index (χ2n) is 5.77. The summed E-state index contributed by atoms with van der Waals surface area (Å²) in [6.45, 7) is 7.15. The second kappa shape index (κ2) is 6.74. The third kappa shape index (κ3) is 3.92. The van der Waals surface area contributed by atoms with Crippen LogP contribution in [0.25, 0.3) is 0 Å². The predicted molar refractivity (Wildman–Crippen MR) is 87.2 cm³/mol. The number of hydrogen-bond acceptors (Lipinski definition) is 6. The van der Waals surface area contributed by atoms with Crippen LogP contribution in [-0.2, 0) is 19.1 Å². The Labute approximate surface area is 140 Å². The molecule has 1 aliphatic rings. The van der Waals surface area contributed by atoms with Gasteiger partial charge in [0.1, 0.15) is 0 Å². The Morgan fingerprint density at radius 1 is 1.21 bits per heavy atom. The highest BCUT2D eigenvalue weighted by atomic mass is 16.7. The summed E-state index contributed by atoms with van der Waals surface area (Å²) in [4.78, 5) is 35.7. The zero-order valence-corrected chi connectivity index (χ0v) is 14.1. The number of aryl methyl sites for hydroxylation is 1. The van der Waals surface area contributed by atoms with Crippen molar-refractivity contribution in [1.29, 1.82) is 0 Å². The summed E-state index contributed by atoms with van der Waals surface area (Å²) in [6, 6.07) is 5.11. The Kier molecular flexibility index (Phi) is 4.92. The van der Waals surface area contributed by atoms with Gasteiger partial charge in [-0.2, -0.15) is 0 Å². The molecule has 1 heterocycles. The van der Waals surface area contributed by atoms with Crippen LogP contribution in [0.3, 0.4) is 0 Å². The topological polar surface area (TPSA) is 93.7 Å². The lowest BCUT2D eigenvalue weighted by Crippen LogP contribution is -2.42. The van der Waals surface area contributed by atoms with E-state index in [-0.39, 0.29) is 11.5 Å². The van der Waals surface area contributed by atoms with Gasteiger partial charge in [0.25, 0.3) is 11.7 Å². The van der Waals surface area contributed by atoms with Crippen LogP contribution in [0.4, 0.5) is 5.69 Å². The van der Waals surface area contributed by atoms with Gasteiger partial charge in [-0.25, -0.2) is 9.59 Å². The molecule has 1 saturated heterocycles. The largest absolute Gasteiger partial charge is 0.419 e. The maximum Gasteiger partial charge on any atom is 0.350 e. The molecule has 0 atom stereocenters. The van der Waals surface area contributed by atoms with E-state index >= 15 is 0 Å². The van der Waals surface area contributed by atoms with Crippen LogP contribution in [-0.4, -0.2) is 30.2 Å². The minimum atomic E-state index is -1.28. The Morgan fingerprint density at radius 3 is 2.42 bits per heavy atom. The van der Waals surface area contributed by atoms with E-state index in [4.69, 9.17) is 9.47 Å².